The normalized spacial score (nSPS) is 15.0. The summed E-state index contributed by atoms with van der Waals surface area (Å²) in [6, 6.07) is 8.19. The lowest BCUT2D eigenvalue weighted by Crippen LogP contribution is -2.36. The van der Waals surface area contributed by atoms with Gasteiger partial charge in [-0.1, -0.05) is 6.07 Å². The van der Waals surface area contributed by atoms with E-state index in [-0.39, 0.29) is 5.82 Å². The minimum atomic E-state index is -0.279. The van der Waals surface area contributed by atoms with Gasteiger partial charge in [-0.2, -0.15) is 0 Å². The van der Waals surface area contributed by atoms with Crippen molar-refractivity contribution in [2.45, 2.75) is 6.92 Å². The lowest BCUT2D eigenvalue weighted by molar-refractivity contribution is 0.122. The maximum absolute atomic E-state index is 13.2. The quantitative estimate of drug-likeness (QED) is 0.940. The Morgan fingerprint density at radius 2 is 2.00 bits per heavy atom. The monoisotopic (exact) mass is 288 g/mol. The molecule has 1 saturated heterocycles. The van der Waals surface area contributed by atoms with Crippen LogP contribution in [0.3, 0.4) is 0 Å². The van der Waals surface area contributed by atoms with E-state index in [4.69, 9.17) is 4.74 Å². The zero-order valence-electron chi connectivity index (χ0n) is 11.8. The van der Waals surface area contributed by atoms with Gasteiger partial charge in [-0.25, -0.2) is 14.4 Å². The van der Waals surface area contributed by atoms with Gasteiger partial charge in [0, 0.05) is 24.8 Å². The Hall–Kier alpha value is -2.21. The van der Waals surface area contributed by atoms with Crippen LogP contribution in [0.5, 0.6) is 0 Å². The molecule has 6 heteroatoms. The van der Waals surface area contributed by atoms with E-state index in [1.807, 2.05) is 13.0 Å². The maximum Gasteiger partial charge on any atom is 0.136 e. The second-order valence-electron chi connectivity index (χ2n) is 4.89. The van der Waals surface area contributed by atoms with Crippen LogP contribution < -0.4 is 10.2 Å². The summed E-state index contributed by atoms with van der Waals surface area (Å²) in [5, 5.41) is 3.12. The summed E-state index contributed by atoms with van der Waals surface area (Å²) in [5.74, 6) is 1.93. The number of nitrogens with zero attached hydrogens (tertiary/aromatic N) is 3. The minimum Gasteiger partial charge on any atom is -0.378 e. The molecule has 1 aliphatic rings. The number of anilines is 3. The number of aryl methyl sites for hydroxylation is 1. The largest absolute Gasteiger partial charge is 0.378 e. The zero-order chi connectivity index (χ0) is 14.7. The summed E-state index contributed by atoms with van der Waals surface area (Å²) < 4.78 is 18.6. The lowest BCUT2D eigenvalue weighted by atomic mass is 10.3. The van der Waals surface area contributed by atoms with E-state index in [0.717, 1.165) is 18.9 Å². The third kappa shape index (κ3) is 3.46. The van der Waals surface area contributed by atoms with Gasteiger partial charge in [-0.05, 0) is 25.1 Å². The lowest BCUT2D eigenvalue weighted by Gasteiger charge is -2.28. The summed E-state index contributed by atoms with van der Waals surface area (Å²) in [5.41, 5.74) is 0.668. The third-order valence-corrected chi connectivity index (χ3v) is 3.26. The van der Waals surface area contributed by atoms with Crippen molar-refractivity contribution in [3.63, 3.8) is 0 Å². The number of ether oxygens (including phenoxy) is 1. The fourth-order valence-corrected chi connectivity index (χ4v) is 2.28. The van der Waals surface area contributed by atoms with Crippen LogP contribution >= 0.6 is 0 Å². The molecular formula is C15H17FN4O. The molecule has 0 bridgehead atoms. The second kappa shape index (κ2) is 6.05. The Morgan fingerprint density at radius 3 is 2.76 bits per heavy atom. The molecule has 1 aliphatic heterocycles. The number of aromatic nitrogens is 2. The molecule has 0 aliphatic carbocycles. The Balaban J connectivity index is 1.83. The van der Waals surface area contributed by atoms with Gasteiger partial charge in [0.1, 0.15) is 23.3 Å². The SMILES string of the molecule is Cc1nc(Nc2cccc(F)c2)cc(N2CCOCC2)n1. The van der Waals surface area contributed by atoms with E-state index in [1.54, 1.807) is 12.1 Å². The molecule has 1 fully saturated rings. The van der Waals surface area contributed by atoms with Crippen LogP contribution in [-0.2, 0) is 4.74 Å². The van der Waals surface area contributed by atoms with Crippen LogP contribution in [0.2, 0.25) is 0 Å². The van der Waals surface area contributed by atoms with Gasteiger partial charge in [0.15, 0.2) is 0 Å². The highest BCUT2D eigenvalue weighted by atomic mass is 19.1. The van der Waals surface area contributed by atoms with E-state index >= 15 is 0 Å². The van der Waals surface area contributed by atoms with E-state index in [9.17, 15) is 4.39 Å². The van der Waals surface area contributed by atoms with Crippen LogP contribution in [0, 0.1) is 12.7 Å². The predicted molar refractivity (Wildman–Crippen MR) is 79.5 cm³/mol. The number of rotatable bonds is 3. The highest BCUT2D eigenvalue weighted by molar-refractivity contribution is 5.59. The van der Waals surface area contributed by atoms with Crippen molar-refractivity contribution in [1.29, 1.82) is 0 Å². The summed E-state index contributed by atoms with van der Waals surface area (Å²) in [6.45, 7) is 4.89. The maximum atomic E-state index is 13.2. The second-order valence-corrected chi connectivity index (χ2v) is 4.89. The molecule has 5 nitrogen and oxygen atoms in total. The van der Waals surface area contributed by atoms with E-state index in [2.05, 4.69) is 20.2 Å². The molecule has 0 atom stereocenters. The Labute approximate surface area is 122 Å². The number of hydrogen-bond donors (Lipinski definition) is 1. The molecule has 0 radical (unpaired) electrons. The highest BCUT2D eigenvalue weighted by Gasteiger charge is 2.14. The average Bonchev–Trinajstić information content (AvgIpc) is 2.47. The Morgan fingerprint density at radius 1 is 1.19 bits per heavy atom. The molecule has 1 aromatic carbocycles. The standard InChI is InChI=1S/C15H17FN4O/c1-11-17-14(19-13-4-2-3-12(16)9-13)10-15(18-11)20-5-7-21-8-6-20/h2-4,9-10H,5-8H2,1H3,(H,17,18,19). The van der Waals surface area contributed by atoms with E-state index in [0.29, 0.717) is 30.5 Å². The van der Waals surface area contributed by atoms with Crippen molar-refractivity contribution in [3.05, 3.63) is 42.0 Å². The van der Waals surface area contributed by atoms with Gasteiger partial charge in [0.05, 0.1) is 13.2 Å². The summed E-state index contributed by atoms with van der Waals surface area (Å²) in [6.07, 6.45) is 0. The van der Waals surface area contributed by atoms with E-state index < -0.39 is 0 Å². The molecule has 1 N–H and O–H groups in total. The topological polar surface area (TPSA) is 50.3 Å². The van der Waals surface area contributed by atoms with E-state index in [1.165, 1.54) is 12.1 Å². The summed E-state index contributed by atoms with van der Waals surface area (Å²) >= 11 is 0. The molecular weight excluding hydrogens is 271 g/mol. The fourth-order valence-electron chi connectivity index (χ4n) is 2.28. The van der Waals surface area contributed by atoms with Crippen molar-refractivity contribution in [2.24, 2.45) is 0 Å². The van der Waals surface area contributed by atoms with Crippen molar-refractivity contribution < 1.29 is 9.13 Å². The number of benzene rings is 1. The van der Waals surface area contributed by atoms with Gasteiger partial charge >= 0.3 is 0 Å². The van der Waals surface area contributed by atoms with Crippen LogP contribution in [0.1, 0.15) is 5.82 Å². The highest BCUT2D eigenvalue weighted by Crippen LogP contribution is 2.21. The first-order chi connectivity index (χ1) is 10.2. The van der Waals surface area contributed by atoms with Crippen LogP contribution in [0.15, 0.2) is 30.3 Å². The number of morpholine rings is 1. The number of halogens is 1. The van der Waals surface area contributed by atoms with Crippen molar-refractivity contribution in [1.82, 2.24) is 9.97 Å². The van der Waals surface area contributed by atoms with Gasteiger partial charge < -0.3 is 15.0 Å². The zero-order valence-corrected chi connectivity index (χ0v) is 11.8. The molecule has 21 heavy (non-hydrogen) atoms. The average molecular weight is 288 g/mol. The molecule has 0 saturated carbocycles. The Bertz CT molecular complexity index is 629. The van der Waals surface area contributed by atoms with Crippen LogP contribution in [0.25, 0.3) is 0 Å². The minimum absolute atomic E-state index is 0.279. The molecule has 2 heterocycles. The van der Waals surface area contributed by atoms with Crippen molar-refractivity contribution in [3.8, 4) is 0 Å². The van der Waals surface area contributed by atoms with Gasteiger partial charge in [0.2, 0.25) is 0 Å². The smallest absolute Gasteiger partial charge is 0.136 e. The molecule has 1 aromatic heterocycles. The molecule has 0 amide bonds. The molecule has 2 aromatic rings. The first kappa shape index (κ1) is 13.8. The van der Waals surface area contributed by atoms with Crippen LogP contribution in [-0.4, -0.2) is 36.3 Å². The van der Waals surface area contributed by atoms with Crippen molar-refractivity contribution >= 4 is 17.3 Å². The summed E-state index contributed by atoms with van der Waals surface area (Å²) in [7, 11) is 0. The van der Waals surface area contributed by atoms with Gasteiger partial charge in [-0.15, -0.1) is 0 Å². The summed E-state index contributed by atoms with van der Waals surface area (Å²) in [4.78, 5) is 11.0. The number of hydrogen-bond acceptors (Lipinski definition) is 5. The fraction of sp³-hybridized carbons (Fsp3) is 0.333. The molecule has 0 unspecified atom stereocenters. The van der Waals surface area contributed by atoms with Gasteiger partial charge in [-0.3, -0.25) is 0 Å². The third-order valence-electron chi connectivity index (χ3n) is 3.26. The Kier molecular flexibility index (Phi) is 3.96. The van der Waals surface area contributed by atoms with Gasteiger partial charge in [0.25, 0.3) is 0 Å². The predicted octanol–water partition coefficient (Wildman–Crippen LogP) is 2.50. The van der Waals surface area contributed by atoms with Crippen LogP contribution in [0.4, 0.5) is 21.7 Å². The molecule has 110 valence electrons. The number of nitrogens with one attached hydrogen (secondary N) is 1. The first-order valence-corrected chi connectivity index (χ1v) is 6.92. The molecule has 0 spiro atoms. The van der Waals surface area contributed by atoms with Crippen molar-refractivity contribution in [2.75, 3.05) is 36.5 Å². The molecule has 3 rings (SSSR count). The first-order valence-electron chi connectivity index (χ1n) is 6.92.